The number of aliphatic imine (C=N–C) groups is 1. The van der Waals surface area contributed by atoms with E-state index in [1.807, 2.05) is 24.3 Å². The Labute approximate surface area is 168 Å². The molecule has 3 heterocycles. The molecule has 0 bridgehead atoms. The van der Waals surface area contributed by atoms with Crippen molar-refractivity contribution in [1.82, 2.24) is 10.6 Å². The molecule has 0 fully saturated rings. The van der Waals surface area contributed by atoms with Gasteiger partial charge < -0.3 is 19.5 Å². The Bertz CT molecular complexity index is 667. The Morgan fingerprint density at radius 3 is 2.28 bits per heavy atom. The fraction of sp³-hybridized carbons (Fsp3) is 0.278. The van der Waals surface area contributed by atoms with Crippen molar-refractivity contribution in [2.45, 2.75) is 19.4 Å². The largest absolute Gasteiger partial charge is 0.469 e. The third-order valence-corrected chi connectivity index (χ3v) is 4.40. The number of nitrogens with one attached hydrogen (secondary N) is 2. The van der Waals surface area contributed by atoms with Crippen molar-refractivity contribution < 1.29 is 8.83 Å². The quantitative estimate of drug-likeness (QED) is 0.296. The fourth-order valence-corrected chi connectivity index (χ4v) is 2.96. The summed E-state index contributed by atoms with van der Waals surface area (Å²) in [5.74, 6) is 2.60. The predicted octanol–water partition coefficient (Wildman–Crippen LogP) is 4.07. The molecule has 25 heavy (non-hydrogen) atoms. The van der Waals surface area contributed by atoms with Crippen molar-refractivity contribution in [2.24, 2.45) is 4.99 Å². The van der Waals surface area contributed by atoms with Crippen LogP contribution in [0.5, 0.6) is 0 Å². The van der Waals surface area contributed by atoms with Gasteiger partial charge in [-0.05, 0) is 42.1 Å². The maximum atomic E-state index is 5.35. The van der Waals surface area contributed by atoms with Crippen LogP contribution >= 0.6 is 35.3 Å². The molecule has 7 heteroatoms. The summed E-state index contributed by atoms with van der Waals surface area (Å²) >= 11 is 1.77. The molecule has 2 N–H and O–H groups in total. The average Bonchev–Trinajstić information content (AvgIpc) is 3.34. The van der Waals surface area contributed by atoms with Crippen LogP contribution in [0.1, 0.15) is 16.4 Å². The van der Waals surface area contributed by atoms with Crippen LogP contribution in [0, 0.1) is 0 Å². The molecule has 3 aromatic rings. The first-order valence-corrected chi connectivity index (χ1v) is 8.87. The van der Waals surface area contributed by atoms with Gasteiger partial charge in [-0.3, -0.25) is 0 Å². The van der Waals surface area contributed by atoms with Crippen molar-refractivity contribution >= 4 is 41.3 Å². The molecular formula is C18H22IN3O2S. The zero-order chi connectivity index (χ0) is 16.5. The molecule has 3 rings (SSSR count). The van der Waals surface area contributed by atoms with Gasteiger partial charge in [-0.1, -0.05) is 6.07 Å². The first kappa shape index (κ1) is 19.6. The van der Waals surface area contributed by atoms with Crippen LogP contribution < -0.4 is 10.6 Å². The first-order chi connectivity index (χ1) is 11.9. The van der Waals surface area contributed by atoms with Gasteiger partial charge in [0, 0.05) is 24.4 Å². The van der Waals surface area contributed by atoms with Crippen LogP contribution in [0.2, 0.25) is 0 Å². The lowest BCUT2D eigenvalue weighted by Gasteiger charge is -2.11. The molecule has 0 amide bonds. The molecule has 0 unspecified atom stereocenters. The summed E-state index contributed by atoms with van der Waals surface area (Å²) in [6.07, 6.45) is 5.16. The van der Waals surface area contributed by atoms with Crippen molar-refractivity contribution in [3.05, 3.63) is 70.7 Å². The van der Waals surface area contributed by atoms with E-state index in [1.165, 1.54) is 4.88 Å². The lowest BCUT2D eigenvalue weighted by atomic mass is 10.3. The van der Waals surface area contributed by atoms with Crippen molar-refractivity contribution in [3.63, 3.8) is 0 Å². The number of thiophene rings is 1. The van der Waals surface area contributed by atoms with Crippen LogP contribution in [-0.2, 0) is 19.4 Å². The number of halogens is 1. The van der Waals surface area contributed by atoms with E-state index in [2.05, 4.69) is 33.1 Å². The third kappa shape index (κ3) is 6.95. The Hall–Kier alpha value is -1.74. The summed E-state index contributed by atoms with van der Waals surface area (Å²) in [4.78, 5) is 5.94. The van der Waals surface area contributed by atoms with E-state index in [9.17, 15) is 0 Å². The summed E-state index contributed by atoms with van der Waals surface area (Å²) in [6.45, 7) is 2.11. The number of guanidine groups is 1. The van der Waals surface area contributed by atoms with Gasteiger partial charge in [-0.25, -0.2) is 4.99 Å². The molecule has 0 saturated carbocycles. The summed E-state index contributed by atoms with van der Waals surface area (Å²) < 4.78 is 10.7. The molecule has 0 aromatic carbocycles. The Morgan fingerprint density at radius 1 is 0.920 bits per heavy atom. The number of hydrogen-bond donors (Lipinski definition) is 2. The molecule has 0 spiro atoms. The van der Waals surface area contributed by atoms with Crippen LogP contribution in [0.25, 0.3) is 0 Å². The van der Waals surface area contributed by atoms with E-state index in [0.29, 0.717) is 6.54 Å². The highest BCUT2D eigenvalue weighted by molar-refractivity contribution is 14.0. The highest BCUT2D eigenvalue weighted by atomic mass is 127. The molecule has 0 aliphatic carbocycles. The molecule has 0 aliphatic heterocycles. The van der Waals surface area contributed by atoms with Gasteiger partial charge in [-0.15, -0.1) is 35.3 Å². The monoisotopic (exact) mass is 471 g/mol. The van der Waals surface area contributed by atoms with Gasteiger partial charge in [0.1, 0.15) is 18.1 Å². The van der Waals surface area contributed by atoms with Gasteiger partial charge in [-0.2, -0.15) is 0 Å². The van der Waals surface area contributed by atoms with Gasteiger partial charge in [0.2, 0.25) is 0 Å². The fourth-order valence-electron chi connectivity index (χ4n) is 2.25. The zero-order valence-electron chi connectivity index (χ0n) is 13.8. The minimum atomic E-state index is 0. The number of hydrogen-bond acceptors (Lipinski definition) is 4. The van der Waals surface area contributed by atoms with Crippen LogP contribution in [0.4, 0.5) is 0 Å². The second-order valence-corrected chi connectivity index (χ2v) is 6.29. The minimum Gasteiger partial charge on any atom is -0.469 e. The smallest absolute Gasteiger partial charge is 0.191 e. The first-order valence-electron chi connectivity index (χ1n) is 7.99. The molecular weight excluding hydrogens is 449 g/mol. The third-order valence-electron chi connectivity index (χ3n) is 3.46. The maximum absolute atomic E-state index is 5.35. The van der Waals surface area contributed by atoms with E-state index < -0.39 is 0 Å². The standard InChI is InChI=1S/C18H21N3O2S.HI/c1-4-15(22-11-1)7-9-19-18(21-14-16-5-2-12-23-16)20-10-8-17-6-3-13-24-17;/h1-6,11-13H,7-10,14H2,(H2,19,20,21);1H. The normalized spacial score (nSPS) is 11.1. The van der Waals surface area contributed by atoms with Crippen molar-refractivity contribution in [3.8, 4) is 0 Å². The Kier molecular flexibility index (Phi) is 8.61. The summed E-state index contributed by atoms with van der Waals surface area (Å²) in [6, 6.07) is 11.9. The number of nitrogens with zero attached hydrogens (tertiary/aromatic N) is 1. The summed E-state index contributed by atoms with van der Waals surface area (Å²) in [5.41, 5.74) is 0. The van der Waals surface area contributed by atoms with Crippen LogP contribution in [0.15, 0.2) is 68.1 Å². The minimum absolute atomic E-state index is 0. The van der Waals surface area contributed by atoms with Gasteiger partial charge in [0.25, 0.3) is 0 Å². The summed E-state index contributed by atoms with van der Waals surface area (Å²) in [5, 5.41) is 8.82. The van der Waals surface area contributed by atoms with Crippen molar-refractivity contribution in [1.29, 1.82) is 0 Å². The van der Waals surface area contributed by atoms with Gasteiger partial charge in [0.05, 0.1) is 12.5 Å². The van der Waals surface area contributed by atoms with E-state index in [4.69, 9.17) is 8.83 Å². The van der Waals surface area contributed by atoms with Crippen LogP contribution in [-0.4, -0.2) is 19.0 Å². The van der Waals surface area contributed by atoms with E-state index >= 15 is 0 Å². The predicted molar refractivity (Wildman–Crippen MR) is 112 cm³/mol. The number of rotatable bonds is 8. The van der Waals surface area contributed by atoms with Crippen molar-refractivity contribution in [2.75, 3.05) is 13.1 Å². The van der Waals surface area contributed by atoms with Crippen LogP contribution in [0.3, 0.4) is 0 Å². The molecule has 3 aromatic heterocycles. The van der Waals surface area contributed by atoms with Gasteiger partial charge >= 0.3 is 0 Å². The maximum Gasteiger partial charge on any atom is 0.191 e. The topological polar surface area (TPSA) is 62.7 Å². The van der Waals surface area contributed by atoms with E-state index in [0.717, 1.165) is 43.4 Å². The molecule has 0 aliphatic rings. The molecule has 134 valence electrons. The highest BCUT2D eigenvalue weighted by Gasteiger charge is 2.02. The lowest BCUT2D eigenvalue weighted by Crippen LogP contribution is -2.39. The summed E-state index contributed by atoms with van der Waals surface area (Å²) in [7, 11) is 0. The van der Waals surface area contributed by atoms with E-state index in [1.54, 1.807) is 23.9 Å². The second kappa shape index (κ2) is 11.0. The average molecular weight is 471 g/mol. The lowest BCUT2D eigenvalue weighted by molar-refractivity contribution is 0.505. The highest BCUT2D eigenvalue weighted by Crippen LogP contribution is 2.08. The van der Waals surface area contributed by atoms with E-state index in [-0.39, 0.29) is 24.0 Å². The molecule has 0 radical (unpaired) electrons. The zero-order valence-corrected chi connectivity index (χ0v) is 17.0. The van der Waals surface area contributed by atoms with Gasteiger partial charge in [0.15, 0.2) is 5.96 Å². The molecule has 0 atom stereocenters. The second-order valence-electron chi connectivity index (χ2n) is 5.26. The SMILES string of the molecule is I.c1coc(CCNC(=NCc2ccco2)NCCc2cccs2)c1. The Balaban J connectivity index is 0.00000225. The Morgan fingerprint density at radius 2 is 1.64 bits per heavy atom. The molecule has 0 saturated heterocycles. The molecule has 5 nitrogen and oxygen atoms in total. The number of furan rings is 2.